The van der Waals surface area contributed by atoms with E-state index in [4.69, 9.17) is 28.9 Å². The van der Waals surface area contributed by atoms with Crippen molar-refractivity contribution >= 4 is 61.3 Å². The van der Waals surface area contributed by atoms with Gasteiger partial charge in [-0.15, -0.1) is 0 Å². The van der Waals surface area contributed by atoms with Gasteiger partial charge in [0.2, 0.25) is 15.8 Å². The van der Waals surface area contributed by atoms with Crippen LogP contribution in [0.25, 0.3) is 0 Å². The van der Waals surface area contributed by atoms with E-state index in [1.165, 1.54) is 17.8 Å². The molecule has 2 heterocycles. The second-order valence-electron chi connectivity index (χ2n) is 10.1. The molecule has 0 atom stereocenters. The summed E-state index contributed by atoms with van der Waals surface area (Å²) in [6.45, 7) is 6.65. The zero-order valence-electron chi connectivity index (χ0n) is 20.5. The maximum atomic E-state index is 13.3. The molecular weight excluding hydrogens is 541 g/mol. The first-order valence-electron chi connectivity index (χ1n) is 12.3. The van der Waals surface area contributed by atoms with Crippen LogP contribution in [0.2, 0.25) is 10.0 Å². The topological polar surface area (TPSA) is 117 Å². The van der Waals surface area contributed by atoms with E-state index in [1.807, 2.05) is 13.8 Å². The Bertz CT molecular complexity index is 1180. The number of carbonyl (C=O) groups is 1. The molecular formula is C24H33Cl2N5O3S2. The van der Waals surface area contributed by atoms with Crippen molar-refractivity contribution < 1.29 is 13.2 Å². The van der Waals surface area contributed by atoms with Gasteiger partial charge in [-0.3, -0.25) is 9.69 Å². The minimum Gasteiger partial charge on any atom is -0.382 e. The van der Waals surface area contributed by atoms with Gasteiger partial charge in [-0.25, -0.2) is 18.1 Å². The molecule has 1 aliphatic carbocycles. The van der Waals surface area contributed by atoms with Crippen LogP contribution in [-0.4, -0.2) is 55.0 Å². The number of anilines is 2. The Morgan fingerprint density at radius 3 is 2.33 bits per heavy atom. The van der Waals surface area contributed by atoms with E-state index in [9.17, 15) is 13.2 Å². The summed E-state index contributed by atoms with van der Waals surface area (Å²) in [5.74, 6) is 0.0160. The summed E-state index contributed by atoms with van der Waals surface area (Å²) in [6.07, 6.45) is 4.23. The Morgan fingerprint density at radius 2 is 1.78 bits per heavy atom. The molecule has 2 fully saturated rings. The fourth-order valence-electron chi connectivity index (χ4n) is 4.67. The highest BCUT2D eigenvalue weighted by molar-refractivity contribution is 7.89. The van der Waals surface area contributed by atoms with Crippen LogP contribution in [0.4, 0.5) is 10.9 Å². The number of likely N-dealkylation sites (tertiary alicyclic amines) is 1. The molecule has 1 aromatic carbocycles. The molecule has 8 nitrogen and oxygen atoms in total. The van der Waals surface area contributed by atoms with Crippen LogP contribution in [0.1, 0.15) is 66.8 Å². The van der Waals surface area contributed by atoms with Crippen LogP contribution in [0.5, 0.6) is 0 Å². The fourth-order valence-corrected chi connectivity index (χ4v) is 8.00. The number of hydrogen-bond donors (Lipinski definition) is 3. The lowest BCUT2D eigenvalue weighted by Gasteiger charge is -2.30. The molecule has 12 heteroatoms. The molecule has 0 spiro atoms. The first-order chi connectivity index (χ1) is 17.0. The molecule has 1 aromatic heterocycles. The lowest BCUT2D eigenvalue weighted by Crippen LogP contribution is -2.41. The van der Waals surface area contributed by atoms with Crippen LogP contribution in [0.15, 0.2) is 12.1 Å². The lowest BCUT2D eigenvalue weighted by molar-refractivity contribution is 0.104. The number of benzene rings is 1. The highest BCUT2D eigenvalue weighted by Gasteiger charge is 2.28. The Kier molecular flexibility index (Phi) is 8.84. The van der Waals surface area contributed by atoms with Gasteiger partial charge in [0.1, 0.15) is 10.7 Å². The molecule has 4 rings (SSSR count). The number of nitrogens with one attached hydrogen (secondary N) is 2. The Balaban J connectivity index is 1.37. The van der Waals surface area contributed by atoms with Crippen LogP contribution < -0.4 is 15.8 Å². The van der Waals surface area contributed by atoms with Gasteiger partial charge >= 0.3 is 0 Å². The monoisotopic (exact) mass is 573 g/mol. The van der Waals surface area contributed by atoms with Crippen LogP contribution >= 0.6 is 34.5 Å². The standard InChI is InChI=1S/C24H33Cl2N5O3S2/c1-14(2)13-36(33,34)30-17-6-4-16(5-7-17)28-24-29-23(27)22(35-24)21(32)20-18(25)10-15(11-19(20)26)12-31-8-3-9-31/h10-11,14,16-17,30H,3-9,12-13,27H2,1-2H3,(H,28,29). The third-order valence-corrected chi connectivity index (χ3v) is 9.89. The number of ketones is 1. The molecule has 1 saturated heterocycles. The molecule has 0 amide bonds. The summed E-state index contributed by atoms with van der Waals surface area (Å²) < 4.78 is 27.3. The van der Waals surface area contributed by atoms with Gasteiger partial charge in [0, 0.05) is 18.6 Å². The largest absolute Gasteiger partial charge is 0.382 e. The second kappa shape index (κ2) is 11.5. The number of nitrogens with two attached hydrogens (primary N) is 1. The molecule has 0 unspecified atom stereocenters. The van der Waals surface area contributed by atoms with Gasteiger partial charge in [0.15, 0.2) is 5.13 Å². The fraction of sp³-hybridized carbons (Fsp3) is 0.583. The number of nitrogen functional groups attached to an aromatic ring is 1. The lowest BCUT2D eigenvalue weighted by atomic mass is 9.92. The number of carbonyl (C=O) groups excluding carboxylic acids is 1. The SMILES string of the molecule is CC(C)CS(=O)(=O)NC1CCC(Nc2nc(N)c(C(=O)c3c(Cl)cc(CN4CCC4)cc3Cl)s2)CC1. The van der Waals surface area contributed by atoms with Crippen molar-refractivity contribution in [1.82, 2.24) is 14.6 Å². The van der Waals surface area contributed by atoms with Crippen molar-refractivity contribution in [3.63, 3.8) is 0 Å². The van der Waals surface area contributed by atoms with Gasteiger partial charge in [-0.05, 0) is 68.8 Å². The summed E-state index contributed by atoms with van der Waals surface area (Å²) in [5, 5.41) is 4.54. The van der Waals surface area contributed by atoms with Crippen LogP contribution in [0.3, 0.4) is 0 Å². The van der Waals surface area contributed by atoms with E-state index < -0.39 is 10.0 Å². The Labute approximate surface area is 227 Å². The van der Waals surface area contributed by atoms with Gasteiger partial charge in [0.25, 0.3) is 0 Å². The van der Waals surface area contributed by atoms with Crippen molar-refractivity contribution in [1.29, 1.82) is 0 Å². The Morgan fingerprint density at radius 1 is 1.17 bits per heavy atom. The molecule has 2 aromatic rings. The summed E-state index contributed by atoms with van der Waals surface area (Å²) in [4.78, 5) is 20.2. The maximum Gasteiger partial charge on any atom is 0.212 e. The van der Waals surface area contributed by atoms with Gasteiger partial charge in [-0.2, -0.15) is 0 Å². The van der Waals surface area contributed by atoms with Crippen molar-refractivity contribution in [2.45, 2.75) is 64.6 Å². The third-order valence-electron chi connectivity index (χ3n) is 6.50. The minimum absolute atomic E-state index is 0.0568. The summed E-state index contributed by atoms with van der Waals surface area (Å²) in [7, 11) is -3.27. The van der Waals surface area contributed by atoms with Gasteiger partial charge in [0.05, 0.1) is 21.4 Å². The van der Waals surface area contributed by atoms with Crippen LogP contribution in [-0.2, 0) is 16.6 Å². The van der Waals surface area contributed by atoms with Crippen molar-refractivity contribution in [2.24, 2.45) is 5.92 Å². The molecule has 198 valence electrons. The first kappa shape index (κ1) is 27.6. The van der Waals surface area contributed by atoms with Gasteiger partial charge < -0.3 is 11.1 Å². The van der Waals surface area contributed by atoms with Crippen molar-refractivity contribution in [3.8, 4) is 0 Å². The molecule has 0 radical (unpaired) electrons. The summed E-state index contributed by atoms with van der Waals surface area (Å²) >= 11 is 14.1. The van der Waals surface area contributed by atoms with Crippen molar-refractivity contribution in [2.75, 3.05) is 29.9 Å². The highest BCUT2D eigenvalue weighted by atomic mass is 35.5. The number of thiazole rings is 1. The Hall–Kier alpha value is -1.43. The van der Waals surface area contributed by atoms with E-state index in [-0.39, 0.29) is 40.9 Å². The van der Waals surface area contributed by atoms with E-state index in [0.29, 0.717) is 20.1 Å². The number of aromatic nitrogens is 1. The highest BCUT2D eigenvalue weighted by Crippen LogP contribution is 2.35. The zero-order valence-corrected chi connectivity index (χ0v) is 23.7. The summed E-state index contributed by atoms with van der Waals surface area (Å²) in [5.41, 5.74) is 7.32. The normalized spacial score (nSPS) is 20.9. The number of sulfonamides is 1. The van der Waals surface area contributed by atoms with E-state index >= 15 is 0 Å². The minimum atomic E-state index is -3.27. The number of hydrogen-bond acceptors (Lipinski definition) is 8. The average molecular weight is 575 g/mol. The number of nitrogens with zero attached hydrogens (tertiary/aromatic N) is 2. The number of halogens is 2. The predicted molar refractivity (Wildman–Crippen MR) is 148 cm³/mol. The molecule has 2 aliphatic rings. The maximum absolute atomic E-state index is 13.3. The smallest absolute Gasteiger partial charge is 0.212 e. The van der Waals surface area contributed by atoms with Crippen LogP contribution in [0, 0.1) is 5.92 Å². The van der Waals surface area contributed by atoms with E-state index in [1.54, 1.807) is 12.1 Å². The van der Waals surface area contributed by atoms with E-state index in [0.717, 1.165) is 50.9 Å². The molecule has 0 bridgehead atoms. The molecule has 36 heavy (non-hydrogen) atoms. The van der Waals surface area contributed by atoms with E-state index in [2.05, 4.69) is 19.9 Å². The van der Waals surface area contributed by atoms with Gasteiger partial charge in [-0.1, -0.05) is 48.4 Å². The molecule has 4 N–H and O–H groups in total. The van der Waals surface area contributed by atoms with Crippen molar-refractivity contribution in [3.05, 3.63) is 38.2 Å². The predicted octanol–water partition coefficient (Wildman–Crippen LogP) is 4.77. The first-order valence-corrected chi connectivity index (χ1v) is 15.5. The zero-order chi connectivity index (χ0) is 26.0. The molecule has 1 aliphatic heterocycles. The average Bonchev–Trinajstić information content (AvgIpc) is 3.10. The third kappa shape index (κ3) is 6.90. The molecule has 1 saturated carbocycles. The number of rotatable bonds is 10. The second-order valence-corrected chi connectivity index (χ2v) is 13.7. The summed E-state index contributed by atoms with van der Waals surface area (Å²) in [6, 6.07) is 3.66. The quantitative estimate of drug-likeness (QED) is 0.350.